The van der Waals surface area contributed by atoms with Gasteiger partial charge in [0.05, 0.1) is 5.75 Å². The minimum Gasteiger partial charge on any atom is -0.341 e. The average Bonchev–Trinajstić information content (AvgIpc) is 3.28. The molecule has 1 saturated carbocycles. The normalized spacial score (nSPS) is 25.3. The van der Waals surface area contributed by atoms with E-state index in [4.69, 9.17) is 0 Å². The van der Waals surface area contributed by atoms with E-state index in [-0.39, 0.29) is 11.5 Å². The van der Waals surface area contributed by atoms with Gasteiger partial charge in [-0.25, -0.2) is 0 Å². The van der Waals surface area contributed by atoms with Gasteiger partial charge in [-0.3, -0.25) is 9.59 Å². The Morgan fingerprint density at radius 2 is 2.00 bits per heavy atom. The zero-order valence-electron chi connectivity index (χ0n) is 13.2. The molecule has 1 aromatic heterocycles. The number of aromatic nitrogens is 2. The molecule has 1 amide bonds. The molecule has 2 aliphatic rings. The number of rotatable bonds is 4. The maximum atomic E-state index is 12.4. The second-order valence-corrected chi connectivity index (χ2v) is 7.66. The maximum absolute atomic E-state index is 12.4. The fraction of sp³-hybridized carbons (Fsp3) is 0.688. The van der Waals surface area contributed by atoms with Gasteiger partial charge >= 0.3 is 0 Å². The summed E-state index contributed by atoms with van der Waals surface area (Å²) in [5.74, 6) is 1.65. The van der Waals surface area contributed by atoms with Crippen molar-refractivity contribution in [2.24, 2.45) is 11.8 Å². The lowest BCUT2D eigenvalue weighted by Crippen LogP contribution is -2.43. The number of hydrogen-bond acceptors (Lipinski definition) is 4. The number of thioether (sulfide) groups is 1. The molecule has 0 spiro atoms. The van der Waals surface area contributed by atoms with Crippen LogP contribution in [0.15, 0.2) is 22.2 Å². The van der Waals surface area contributed by atoms with E-state index in [1.165, 1.54) is 24.2 Å². The Labute approximate surface area is 135 Å². The molecule has 2 atom stereocenters. The summed E-state index contributed by atoms with van der Waals surface area (Å²) in [5.41, 5.74) is -0.230. The number of likely N-dealkylation sites (tertiary alicyclic amines) is 1. The molecule has 5 nitrogen and oxygen atoms in total. The van der Waals surface area contributed by atoms with E-state index in [9.17, 15) is 9.59 Å². The molecule has 0 radical (unpaired) electrons. The number of nitrogens with zero attached hydrogens (tertiary/aromatic N) is 3. The van der Waals surface area contributed by atoms with Gasteiger partial charge in [-0.2, -0.15) is 4.98 Å². The Bertz CT molecular complexity index is 602. The highest BCUT2D eigenvalue weighted by Crippen LogP contribution is 2.37. The van der Waals surface area contributed by atoms with Gasteiger partial charge < -0.3 is 9.47 Å². The number of hydrogen-bond donors (Lipinski definition) is 0. The van der Waals surface area contributed by atoms with Crippen LogP contribution in [-0.4, -0.2) is 39.2 Å². The summed E-state index contributed by atoms with van der Waals surface area (Å²) in [6, 6.07) is 1.96. The quantitative estimate of drug-likeness (QED) is 0.630. The summed E-state index contributed by atoms with van der Waals surface area (Å²) in [5, 5.41) is 0.682. The van der Waals surface area contributed by atoms with Crippen molar-refractivity contribution >= 4 is 17.7 Å². The smallest absolute Gasteiger partial charge is 0.273 e. The average molecular weight is 321 g/mol. The van der Waals surface area contributed by atoms with Crippen LogP contribution in [0, 0.1) is 11.8 Å². The molecular formula is C16H23N3O2S. The van der Waals surface area contributed by atoms with Gasteiger partial charge in [0.1, 0.15) is 0 Å². The number of carbonyl (C=O) groups is 1. The summed E-state index contributed by atoms with van der Waals surface area (Å²) in [6.07, 6.45) is 5.27. The third kappa shape index (κ3) is 3.72. The highest BCUT2D eigenvalue weighted by atomic mass is 32.2. The molecule has 2 heterocycles. The summed E-state index contributed by atoms with van der Waals surface area (Å²) in [4.78, 5) is 30.0. The SMILES string of the molecule is C[C@@H]1C[C@H](C)CN(C(=O)CSc2nc(=O)ccn2C2CC2)C1. The van der Waals surface area contributed by atoms with Crippen molar-refractivity contribution in [3.05, 3.63) is 22.6 Å². The predicted octanol–water partition coefficient (Wildman–Crippen LogP) is 2.17. The number of carbonyl (C=O) groups excluding carboxylic acids is 1. The number of piperidine rings is 1. The molecule has 1 aromatic rings. The standard InChI is InChI=1S/C16H23N3O2S/c1-11-7-12(2)9-18(8-11)15(21)10-22-16-17-14(20)5-6-19(16)13-3-4-13/h5-6,11-13H,3-4,7-10H2,1-2H3/t11-,12+. The van der Waals surface area contributed by atoms with Crippen molar-refractivity contribution in [3.63, 3.8) is 0 Å². The summed E-state index contributed by atoms with van der Waals surface area (Å²) in [7, 11) is 0. The van der Waals surface area contributed by atoms with E-state index in [0.717, 1.165) is 25.9 Å². The third-order valence-corrected chi connectivity index (χ3v) is 5.24. The first kappa shape index (κ1) is 15.6. The van der Waals surface area contributed by atoms with E-state index in [2.05, 4.69) is 18.8 Å². The molecule has 1 aliphatic carbocycles. The highest BCUT2D eigenvalue weighted by Gasteiger charge is 2.27. The van der Waals surface area contributed by atoms with Gasteiger partial charge in [0.2, 0.25) is 5.91 Å². The molecule has 3 rings (SSSR count). The molecular weight excluding hydrogens is 298 g/mol. The van der Waals surface area contributed by atoms with E-state index in [1.807, 2.05) is 15.7 Å². The molecule has 1 saturated heterocycles. The van der Waals surface area contributed by atoms with Gasteiger partial charge in [-0.1, -0.05) is 25.6 Å². The van der Waals surface area contributed by atoms with Crippen LogP contribution in [0.3, 0.4) is 0 Å². The van der Waals surface area contributed by atoms with Gasteiger partial charge in [0.15, 0.2) is 5.16 Å². The van der Waals surface area contributed by atoms with Crippen LogP contribution in [0.5, 0.6) is 0 Å². The first-order valence-corrected chi connectivity index (χ1v) is 9.01. The molecule has 120 valence electrons. The molecule has 1 aliphatic heterocycles. The number of amides is 1. The van der Waals surface area contributed by atoms with E-state index in [0.29, 0.717) is 28.8 Å². The van der Waals surface area contributed by atoms with Gasteiger partial charge in [-0.05, 0) is 31.1 Å². The monoisotopic (exact) mass is 321 g/mol. The lowest BCUT2D eigenvalue weighted by Gasteiger charge is -2.35. The van der Waals surface area contributed by atoms with E-state index in [1.54, 1.807) is 0 Å². The van der Waals surface area contributed by atoms with Crippen molar-refractivity contribution in [1.29, 1.82) is 0 Å². The Balaban J connectivity index is 1.63. The Morgan fingerprint density at radius 3 is 2.64 bits per heavy atom. The van der Waals surface area contributed by atoms with Crippen LogP contribution >= 0.6 is 11.8 Å². The van der Waals surface area contributed by atoms with Crippen LogP contribution in [0.2, 0.25) is 0 Å². The van der Waals surface area contributed by atoms with Crippen LogP contribution < -0.4 is 5.56 Å². The minimum absolute atomic E-state index is 0.156. The zero-order valence-corrected chi connectivity index (χ0v) is 14.0. The maximum Gasteiger partial charge on any atom is 0.273 e. The molecule has 22 heavy (non-hydrogen) atoms. The second kappa shape index (κ2) is 6.44. The van der Waals surface area contributed by atoms with Crippen molar-refractivity contribution in [3.8, 4) is 0 Å². The Kier molecular flexibility index (Phi) is 4.57. The first-order chi connectivity index (χ1) is 10.5. The molecule has 2 fully saturated rings. The summed E-state index contributed by atoms with van der Waals surface area (Å²) >= 11 is 1.39. The lowest BCUT2D eigenvalue weighted by atomic mass is 9.92. The van der Waals surface area contributed by atoms with Crippen LogP contribution in [-0.2, 0) is 4.79 Å². The lowest BCUT2D eigenvalue weighted by molar-refractivity contribution is -0.130. The van der Waals surface area contributed by atoms with Gasteiger partial charge in [0.25, 0.3) is 5.56 Å². The largest absolute Gasteiger partial charge is 0.341 e. The predicted molar refractivity (Wildman–Crippen MR) is 87.0 cm³/mol. The molecule has 6 heteroatoms. The Morgan fingerprint density at radius 1 is 1.32 bits per heavy atom. The Hall–Kier alpha value is -1.30. The van der Waals surface area contributed by atoms with Crippen LogP contribution in [0.25, 0.3) is 0 Å². The fourth-order valence-corrected chi connectivity index (χ4v) is 4.17. The van der Waals surface area contributed by atoms with Crippen molar-refractivity contribution < 1.29 is 4.79 Å². The van der Waals surface area contributed by atoms with E-state index < -0.39 is 0 Å². The van der Waals surface area contributed by atoms with Gasteiger partial charge in [0, 0.05) is 31.4 Å². The summed E-state index contributed by atoms with van der Waals surface area (Å²) in [6.45, 7) is 6.10. The van der Waals surface area contributed by atoms with Crippen LogP contribution in [0.1, 0.15) is 39.2 Å². The topological polar surface area (TPSA) is 55.2 Å². The second-order valence-electron chi connectivity index (χ2n) is 6.72. The molecule has 0 unspecified atom stereocenters. The minimum atomic E-state index is -0.230. The third-order valence-electron chi connectivity index (χ3n) is 4.29. The van der Waals surface area contributed by atoms with E-state index >= 15 is 0 Å². The highest BCUT2D eigenvalue weighted by molar-refractivity contribution is 7.99. The molecule has 0 aromatic carbocycles. The van der Waals surface area contributed by atoms with Crippen molar-refractivity contribution in [2.75, 3.05) is 18.8 Å². The van der Waals surface area contributed by atoms with Crippen molar-refractivity contribution in [1.82, 2.24) is 14.5 Å². The van der Waals surface area contributed by atoms with Crippen LogP contribution in [0.4, 0.5) is 0 Å². The zero-order chi connectivity index (χ0) is 15.7. The summed E-state index contributed by atoms with van der Waals surface area (Å²) < 4.78 is 2.04. The van der Waals surface area contributed by atoms with Gasteiger partial charge in [-0.15, -0.1) is 0 Å². The molecule has 0 bridgehead atoms. The first-order valence-electron chi connectivity index (χ1n) is 8.02. The molecule has 0 N–H and O–H groups in total. The van der Waals surface area contributed by atoms with Crippen molar-refractivity contribution in [2.45, 2.75) is 44.3 Å². The fourth-order valence-electron chi connectivity index (χ4n) is 3.22.